The molecule has 0 spiro atoms. The Labute approximate surface area is 76.1 Å². The van der Waals surface area contributed by atoms with Gasteiger partial charge in [-0.3, -0.25) is 4.90 Å². The van der Waals surface area contributed by atoms with E-state index in [4.69, 9.17) is 0 Å². The van der Waals surface area contributed by atoms with Gasteiger partial charge in [0.25, 0.3) is 0 Å². The van der Waals surface area contributed by atoms with Crippen LogP contribution in [0.25, 0.3) is 0 Å². The van der Waals surface area contributed by atoms with Gasteiger partial charge in [0.05, 0.1) is 0 Å². The summed E-state index contributed by atoms with van der Waals surface area (Å²) in [7, 11) is 0. The van der Waals surface area contributed by atoms with Crippen LogP contribution in [0.1, 0.15) is 40.0 Å². The monoisotopic (exact) mass is 167 g/mol. The third-order valence-electron chi connectivity index (χ3n) is 3.94. The Balaban J connectivity index is 2.05. The van der Waals surface area contributed by atoms with Crippen LogP contribution >= 0.6 is 0 Å². The molecule has 2 aliphatic heterocycles. The molecule has 2 fully saturated rings. The molecule has 2 rings (SSSR count). The maximum absolute atomic E-state index is 2.74. The normalized spacial score (nSPS) is 42.5. The van der Waals surface area contributed by atoms with E-state index in [0.29, 0.717) is 0 Å². The van der Waals surface area contributed by atoms with Gasteiger partial charge in [-0.25, -0.2) is 0 Å². The molecule has 0 amide bonds. The van der Waals surface area contributed by atoms with Gasteiger partial charge < -0.3 is 0 Å². The van der Waals surface area contributed by atoms with Crippen molar-refractivity contribution in [2.45, 2.75) is 52.1 Å². The summed E-state index contributed by atoms with van der Waals surface area (Å²) in [5, 5.41) is 0. The summed E-state index contributed by atoms with van der Waals surface area (Å²) in [6.07, 6.45) is 4.35. The van der Waals surface area contributed by atoms with Gasteiger partial charge in [0, 0.05) is 12.1 Å². The third-order valence-corrected chi connectivity index (χ3v) is 3.94. The molecule has 2 aliphatic rings. The Morgan fingerprint density at radius 2 is 1.92 bits per heavy atom. The lowest BCUT2D eigenvalue weighted by Gasteiger charge is -2.25. The van der Waals surface area contributed by atoms with Crippen molar-refractivity contribution in [3.05, 3.63) is 0 Å². The Bertz CT molecular complexity index is 164. The predicted molar refractivity (Wildman–Crippen MR) is 52.1 cm³/mol. The Morgan fingerprint density at radius 3 is 2.58 bits per heavy atom. The summed E-state index contributed by atoms with van der Waals surface area (Å²) in [6, 6.07) is 1.82. The lowest BCUT2D eigenvalue weighted by atomic mass is 9.88. The lowest BCUT2D eigenvalue weighted by molar-refractivity contribution is 0.219. The van der Waals surface area contributed by atoms with Crippen LogP contribution in [0.15, 0.2) is 0 Å². The highest BCUT2D eigenvalue weighted by molar-refractivity contribution is 4.95. The smallest absolute Gasteiger partial charge is 0.0130 e. The van der Waals surface area contributed by atoms with E-state index in [-0.39, 0.29) is 0 Å². The van der Waals surface area contributed by atoms with Gasteiger partial charge >= 0.3 is 0 Å². The summed E-state index contributed by atoms with van der Waals surface area (Å²) >= 11 is 0. The van der Waals surface area contributed by atoms with E-state index in [1.807, 2.05) is 0 Å². The summed E-state index contributed by atoms with van der Waals surface area (Å²) in [6.45, 7) is 8.53. The van der Waals surface area contributed by atoms with Crippen molar-refractivity contribution in [3.63, 3.8) is 0 Å². The summed E-state index contributed by atoms with van der Waals surface area (Å²) < 4.78 is 0. The van der Waals surface area contributed by atoms with Crippen LogP contribution in [-0.2, 0) is 0 Å². The molecule has 1 unspecified atom stereocenters. The zero-order chi connectivity index (χ0) is 8.72. The highest BCUT2D eigenvalue weighted by atomic mass is 15.2. The van der Waals surface area contributed by atoms with Crippen molar-refractivity contribution in [1.82, 2.24) is 4.90 Å². The first-order valence-electron chi connectivity index (χ1n) is 5.46. The second-order valence-corrected chi connectivity index (χ2v) is 4.93. The molecular formula is C11H21N. The predicted octanol–water partition coefficient (Wildman–Crippen LogP) is 2.52. The molecule has 0 bridgehead atoms. The Hall–Kier alpha value is -0.0400. The number of hydrogen-bond donors (Lipinski definition) is 0. The van der Waals surface area contributed by atoms with E-state index in [0.717, 1.165) is 23.9 Å². The lowest BCUT2D eigenvalue weighted by Crippen LogP contribution is -2.32. The zero-order valence-corrected chi connectivity index (χ0v) is 8.59. The molecule has 0 radical (unpaired) electrons. The highest BCUT2D eigenvalue weighted by Crippen LogP contribution is 2.39. The molecule has 12 heavy (non-hydrogen) atoms. The van der Waals surface area contributed by atoms with Gasteiger partial charge in [-0.2, -0.15) is 0 Å². The second kappa shape index (κ2) is 3.02. The van der Waals surface area contributed by atoms with E-state index in [1.54, 1.807) is 0 Å². The van der Waals surface area contributed by atoms with Crippen molar-refractivity contribution < 1.29 is 0 Å². The minimum absolute atomic E-state index is 0.874. The molecule has 0 N–H and O–H groups in total. The average molecular weight is 167 g/mol. The topological polar surface area (TPSA) is 3.24 Å². The molecule has 0 aliphatic carbocycles. The second-order valence-electron chi connectivity index (χ2n) is 4.93. The largest absolute Gasteiger partial charge is 0.297 e. The molecule has 0 aromatic heterocycles. The summed E-state index contributed by atoms with van der Waals surface area (Å²) in [5.41, 5.74) is 0. The van der Waals surface area contributed by atoms with Crippen LogP contribution in [0, 0.1) is 11.8 Å². The first kappa shape index (κ1) is 8.55. The molecule has 1 heteroatoms. The van der Waals surface area contributed by atoms with Crippen LogP contribution in [0.5, 0.6) is 0 Å². The SMILES string of the molecule is CC(C)[C@H]1CCN2C1CC[C@H]2C. The Kier molecular flexibility index (Phi) is 2.16. The molecule has 1 nitrogen and oxygen atoms in total. The van der Waals surface area contributed by atoms with Crippen molar-refractivity contribution in [1.29, 1.82) is 0 Å². The number of hydrogen-bond acceptors (Lipinski definition) is 1. The highest BCUT2D eigenvalue weighted by Gasteiger charge is 2.41. The molecule has 70 valence electrons. The first-order chi connectivity index (χ1) is 5.70. The first-order valence-corrected chi connectivity index (χ1v) is 5.46. The number of rotatable bonds is 1. The van der Waals surface area contributed by atoms with E-state index in [2.05, 4.69) is 25.7 Å². The molecule has 2 heterocycles. The fourth-order valence-corrected chi connectivity index (χ4v) is 3.18. The van der Waals surface area contributed by atoms with Crippen LogP contribution in [0.2, 0.25) is 0 Å². The Morgan fingerprint density at radius 1 is 1.17 bits per heavy atom. The molecule has 3 atom stereocenters. The quantitative estimate of drug-likeness (QED) is 0.580. The van der Waals surface area contributed by atoms with Gasteiger partial charge in [0.1, 0.15) is 0 Å². The minimum atomic E-state index is 0.874. The van der Waals surface area contributed by atoms with E-state index >= 15 is 0 Å². The van der Waals surface area contributed by atoms with Crippen molar-refractivity contribution in [2.24, 2.45) is 11.8 Å². The van der Waals surface area contributed by atoms with Crippen molar-refractivity contribution in [2.75, 3.05) is 6.54 Å². The molecular weight excluding hydrogens is 146 g/mol. The molecule has 0 saturated carbocycles. The van der Waals surface area contributed by atoms with Crippen LogP contribution in [0.4, 0.5) is 0 Å². The summed E-state index contributed by atoms with van der Waals surface area (Å²) in [5.74, 6) is 1.89. The van der Waals surface area contributed by atoms with Crippen molar-refractivity contribution in [3.8, 4) is 0 Å². The third kappa shape index (κ3) is 1.19. The zero-order valence-electron chi connectivity index (χ0n) is 8.59. The van der Waals surface area contributed by atoms with Crippen molar-refractivity contribution >= 4 is 0 Å². The van der Waals surface area contributed by atoms with Gasteiger partial charge in [0.2, 0.25) is 0 Å². The maximum atomic E-state index is 2.74. The van der Waals surface area contributed by atoms with Crippen LogP contribution in [-0.4, -0.2) is 23.5 Å². The van der Waals surface area contributed by atoms with E-state index in [1.165, 1.54) is 25.8 Å². The van der Waals surface area contributed by atoms with Gasteiger partial charge in [0.15, 0.2) is 0 Å². The molecule has 0 aromatic rings. The molecule has 2 saturated heterocycles. The fourth-order valence-electron chi connectivity index (χ4n) is 3.18. The van der Waals surface area contributed by atoms with Gasteiger partial charge in [-0.1, -0.05) is 13.8 Å². The summed E-state index contributed by atoms with van der Waals surface area (Å²) in [4.78, 5) is 2.74. The molecule has 0 aromatic carbocycles. The van der Waals surface area contributed by atoms with Gasteiger partial charge in [-0.05, 0) is 44.6 Å². The number of nitrogens with zero attached hydrogens (tertiary/aromatic N) is 1. The van der Waals surface area contributed by atoms with E-state index < -0.39 is 0 Å². The standard InChI is InChI=1S/C11H21N/c1-8(2)10-6-7-12-9(3)4-5-11(10)12/h8-11H,4-7H2,1-3H3/t9-,10-,11?/m1/s1. The van der Waals surface area contributed by atoms with Crippen LogP contribution in [0.3, 0.4) is 0 Å². The number of fused-ring (bicyclic) bond motifs is 1. The minimum Gasteiger partial charge on any atom is -0.297 e. The maximum Gasteiger partial charge on any atom is 0.0130 e. The van der Waals surface area contributed by atoms with E-state index in [9.17, 15) is 0 Å². The fraction of sp³-hybridized carbons (Fsp3) is 1.00. The average Bonchev–Trinajstić information content (AvgIpc) is 2.53. The van der Waals surface area contributed by atoms with Gasteiger partial charge in [-0.15, -0.1) is 0 Å². The van der Waals surface area contributed by atoms with Crippen LogP contribution < -0.4 is 0 Å².